The maximum absolute atomic E-state index is 14.0. The third-order valence-corrected chi connectivity index (χ3v) is 7.51. The molecule has 1 atom stereocenters. The Kier molecular flexibility index (Phi) is 12.0. The van der Waals surface area contributed by atoms with Crippen LogP contribution in [-0.4, -0.2) is 61.5 Å². The molecular formula is C31H38FN3O5S. The van der Waals surface area contributed by atoms with Gasteiger partial charge in [-0.05, 0) is 49.1 Å². The number of carbonyl (C=O) groups excluding carboxylic acids is 2. The molecule has 0 unspecified atom stereocenters. The van der Waals surface area contributed by atoms with E-state index in [0.29, 0.717) is 30.7 Å². The van der Waals surface area contributed by atoms with Gasteiger partial charge in [-0.15, -0.1) is 0 Å². The minimum atomic E-state index is -3.79. The fraction of sp³-hybridized carbons (Fsp3) is 0.355. The summed E-state index contributed by atoms with van der Waals surface area (Å²) in [6.07, 6.45) is 1.70. The van der Waals surface area contributed by atoms with Crippen molar-refractivity contribution in [3.05, 3.63) is 107 Å². The third kappa shape index (κ3) is 10.4. The van der Waals surface area contributed by atoms with Crippen LogP contribution in [0.15, 0.2) is 84.9 Å². The van der Waals surface area contributed by atoms with Gasteiger partial charge < -0.3 is 15.0 Å². The second-order valence-corrected chi connectivity index (χ2v) is 12.0. The van der Waals surface area contributed by atoms with Crippen LogP contribution in [0.3, 0.4) is 0 Å². The molecule has 0 aliphatic rings. The van der Waals surface area contributed by atoms with Crippen molar-refractivity contribution in [2.24, 2.45) is 0 Å². The molecular weight excluding hydrogens is 545 g/mol. The van der Waals surface area contributed by atoms with Gasteiger partial charge in [-0.1, -0.05) is 72.8 Å². The molecule has 0 spiro atoms. The number of benzene rings is 3. The third-order valence-electron chi connectivity index (χ3n) is 6.32. The number of nitrogens with zero attached hydrogens (tertiary/aromatic N) is 2. The largest absolute Gasteiger partial charge is 0.379 e. The average Bonchev–Trinajstić information content (AvgIpc) is 2.93. The lowest BCUT2D eigenvalue weighted by Crippen LogP contribution is -2.48. The lowest BCUT2D eigenvalue weighted by molar-refractivity contribution is -0.141. The molecule has 3 aromatic carbocycles. The summed E-state index contributed by atoms with van der Waals surface area (Å²) < 4.78 is 45.8. The number of amides is 2. The number of sulfonamides is 1. The molecule has 0 saturated carbocycles. The Labute approximate surface area is 242 Å². The highest BCUT2D eigenvalue weighted by Crippen LogP contribution is 2.25. The molecule has 0 radical (unpaired) electrons. The molecule has 0 aliphatic carbocycles. The average molecular weight is 584 g/mol. The normalized spacial score (nSPS) is 12.3. The first-order chi connectivity index (χ1) is 19.5. The molecule has 10 heteroatoms. The van der Waals surface area contributed by atoms with Gasteiger partial charge in [0.1, 0.15) is 11.9 Å². The van der Waals surface area contributed by atoms with Crippen LogP contribution < -0.4 is 5.32 Å². The molecule has 0 heterocycles. The predicted molar refractivity (Wildman–Crippen MR) is 157 cm³/mol. The summed E-state index contributed by atoms with van der Waals surface area (Å²) in [5.74, 6) is -1.41. The smallest absolute Gasteiger partial charge is 0.247 e. The number of halogens is 1. The zero-order valence-corrected chi connectivity index (χ0v) is 24.5. The van der Waals surface area contributed by atoms with E-state index in [0.717, 1.165) is 16.1 Å². The van der Waals surface area contributed by atoms with E-state index in [9.17, 15) is 22.4 Å². The number of hydrogen-bond acceptors (Lipinski definition) is 5. The topological polar surface area (TPSA) is 96.0 Å². The first-order valence-electron chi connectivity index (χ1n) is 13.5. The van der Waals surface area contributed by atoms with E-state index in [-0.39, 0.29) is 19.2 Å². The molecule has 0 fully saturated rings. The van der Waals surface area contributed by atoms with Crippen molar-refractivity contribution < 1.29 is 27.1 Å². The Bertz CT molecular complexity index is 1350. The molecule has 0 bridgehead atoms. The Morgan fingerprint density at radius 2 is 1.46 bits per heavy atom. The van der Waals surface area contributed by atoms with Crippen molar-refractivity contribution in [1.29, 1.82) is 0 Å². The van der Waals surface area contributed by atoms with Gasteiger partial charge in [-0.25, -0.2) is 12.8 Å². The minimum Gasteiger partial charge on any atom is -0.379 e. The molecule has 2 amide bonds. The van der Waals surface area contributed by atoms with Crippen LogP contribution in [0.25, 0.3) is 0 Å². The van der Waals surface area contributed by atoms with Gasteiger partial charge in [0.2, 0.25) is 21.8 Å². The molecule has 0 aromatic heterocycles. The Morgan fingerprint density at radius 3 is 2.05 bits per heavy atom. The van der Waals surface area contributed by atoms with Crippen LogP contribution in [0.2, 0.25) is 0 Å². The lowest BCUT2D eigenvalue weighted by Gasteiger charge is -2.33. The Balaban J connectivity index is 1.94. The number of nitrogens with one attached hydrogen (secondary N) is 1. The molecule has 41 heavy (non-hydrogen) atoms. The van der Waals surface area contributed by atoms with E-state index in [2.05, 4.69) is 5.32 Å². The van der Waals surface area contributed by atoms with Gasteiger partial charge in [-0.3, -0.25) is 9.59 Å². The van der Waals surface area contributed by atoms with Crippen molar-refractivity contribution >= 4 is 21.8 Å². The Hall–Kier alpha value is -3.60. The van der Waals surface area contributed by atoms with E-state index in [4.69, 9.17) is 4.74 Å². The van der Waals surface area contributed by atoms with E-state index in [1.165, 1.54) is 29.2 Å². The summed E-state index contributed by atoms with van der Waals surface area (Å²) in [7, 11) is -3.79. The first kappa shape index (κ1) is 31.9. The maximum Gasteiger partial charge on any atom is 0.247 e. The van der Waals surface area contributed by atoms with Crippen molar-refractivity contribution in [2.45, 2.75) is 45.5 Å². The van der Waals surface area contributed by atoms with Crippen LogP contribution in [0.1, 0.15) is 43.0 Å². The van der Waals surface area contributed by atoms with E-state index in [1.807, 2.05) is 19.9 Å². The number of hydrogen-bond donors (Lipinski definition) is 1. The number of carbonyl (C=O) groups is 2. The number of ether oxygens (including phenoxy) is 1. The molecule has 3 aromatic rings. The highest BCUT2D eigenvalue weighted by Gasteiger charge is 2.33. The van der Waals surface area contributed by atoms with Gasteiger partial charge in [0.25, 0.3) is 0 Å². The van der Waals surface area contributed by atoms with Gasteiger partial charge in [0.15, 0.2) is 0 Å². The zero-order valence-electron chi connectivity index (χ0n) is 23.7. The van der Waals surface area contributed by atoms with Gasteiger partial charge in [0.05, 0.1) is 18.9 Å². The SMILES string of the molecule is CC(C)OCCCNC(=O)[C@@H](c1ccccc1)N(Cc1ccc(F)cc1)C(=O)CN(Cc1ccccc1)S(C)(=O)=O. The zero-order chi connectivity index (χ0) is 29.8. The summed E-state index contributed by atoms with van der Waals surface area (Å²) >= 11 is 0. The van der Waals surface area contributed by atoms with E-state index >= 15 is 0 Å². The maximum atomic E-state index is 14.0. The van der Waals surface area contributed by atoms with Gasteiger partial charge in [-0.2, -0.15) is 4.31 Å². The molecule has 3 rings (SSSR count). The molecule has 1 N–H and O–H groups in total. The molecule has 0 saturated heterocycles. The monoisotopic (exact) mass is 583 g/mol. The lowest BCUT2D eigenvalue weighted by atomic mass is 10.0. The van der Waals surface area contributed by atoms with Crippen molar-refractivity contribution in [2.75, 3.05) is 26.0 Å². The summed E-state index contributed by atoms with van der Waals surface area (Å²) in [4.78, 5) is 29.0. The van der Waals surface area contributed by atoms with Crippen molar-refractivity contribution in [3.63, 3.8) is 0 Å². The van der Waals surface area contributed by atoms with Gasteiger partial charge >= 0.3 is 0 Å². The summed E-state index contributed by atoms with van der Waals surface area (Å²) in [6, 6.07) is 22.4. The van der Waals surface area contributed by atoms with Crippen LogP contribution in [-0.2, 0) is 37.4 Å². The first-order valence-corrected chi connectivity index (χ1v) is 15.4. The molecule has 8 nitrogen and oxygen atoms in total. The summed E-state index contributed by atoms with van der Waals surface area (Å²) in [5.41, 5.74) is 1.87. The summed E-state index contributed by atoms with van der Waals surface area (Å²) in [5, 5.41) is 2.90. The standard InChI is InChI=1S/C31H38FN3O5S/c1-24(2)40-20-10-19-33-31(37)30(27-13-8-5-9-14-27)35(22-26-15-17-28(32)18-16-26)29(36)23-34(41(3,38)39)21-25-11-6-4-7-12-25/h4-9,11-18,24,30H,10,19-23H2,1-3H3,(H,33,37)/t30-/m1/s1. The van der Waals surface area contributed by atoms with Crippen LogP contribution in [0.4, 0.5) is 4.39 Å². The second kappa shape index (κ2) is 15.4. The van der Waals surface area contributed by atoms with Crippen molar-refractivity contribution in [3.8, 4) is 0 Å². The minimum absolute atomic E-state index is 0.00610. The fourth-order valence-electron chi connectivity index (χ4n) is 4.24. The van der Waals surface area contributed by atoms with Gasteiger partial charge in [0, 0.05) is 26.2 Å². The molecule has 220 valence electrons. The van der Waals surface area contributed by atoms with Crippen LogP contribution >= 0.6 is 0 Å². The number of rotatable bonds is 15. The van der Waals surface area contributed by atoms with Crippen LogP contribution in [0.5, 0.6) is 0 Å². The second-order valence-electron chi connectivity index (χ2n) is 10.0. The predicted octanol–water partition coefficient (Wildman–Crippen LogP) is 4.29. The fourth-order valence-corrected chi connectivity index (χ4v) is 4.97. The molecule has 0 aliphatic heterocycles. The highest BCUT2D eigenvalue weighted by molar-refractivity contribution is 7.88. The van der Waals surface area contributed by atoms with E-state index < -0.39 is 40.2 Å². The quantitative estimate of drug-likeness (QED) is 0.270. The highest BCUT2D eigenvalue weighted by atomic mass is 32.2. The summed E-state index contributed by atoms with van der Waals surface area (Å²) in [6.45, 7) is 4.14. The van der Waals surface area contributed by atoms with Crippen molar-refractivity contribution in [1.82, 2.24) is 14.5 Å². The van der Waals surface area contributed by atoms with E-state index in [1.54, 1.807) is 54.6 Å². The Morgan fingerprint density at radius 1 is 0.878 bits per heavy atom. The van der Waals surface area contributed by atoms with Crippen LogP contribution in [0, 0.1) is 5.82 Å².